The number of fused-ring (bicyclic) bond motifs is 3. The van der Waals surface area contributed by atoms with Crippen LogP contribution in [0.25, 0.3) is 11.1 Å². The standard InChI is InChI=1S/C21H17BClI/c1-13-8-19-17(10-15(13)12-24)18-11-21(23)14(2)9-20(18)22(19)16-6-4-3-5-7-16/h3-11H,12H2,1-2H3. The van der Waals surface area contributed by atoms with Gasteiger partial charge in [-0.05, 0) is 47.7 Å². The average molecular weight is 443 g/mol. The smallest absolute Gasteiger partial charge is 0.0840 e. The second-order valence-corrected chi connectivity index (χ2v) is 7.70. The normalized spacial score (nSPS) is 12.2. The highest BCUT2D eigenvalue weighted by atomic mass is 127. The summed E-state index contributed by atoms with van der Waals surface area (Å²) in [7, 11) is 0. The first kappa shape index (κ1) is 16.2. The summed E-state index contributed by atoms with van der Waals surface area (Å²) in [5.74, 6) is 0. The van der Waals surface area contributed by atoms with Crippen molar-refractivity contribution in [2.24, 2.45) is 0 Å². The first-order chi connectivity index (χ1) is 11.6. The maximum Gasteiger partial charge on any atom is 0.242 e. The van der Waals surface area contributed by atoms with Crippen LogP contribution in [0, 0.1) is 13.8 Å². The molecular formula is C21H17BClI. The molecule has 0 saturated heterocycles. The predicted molar refractivity (Wildman–Crippen MR) is 115 cm³/mol. The summed E-state index contributed by atoms with van der Waals surface area (Å²) in [5.41, 5.74) is 10.7. The Morgan fingerprint density at radius 2 is 1.50 bits per heavy atom. The Morgan fingerprint density at radius 1 is 0.875 bits per heavy atom. The monoisotopic (exact) mass is 442 g/mol. The molecule has 1 aliphatic rings. The van der Waals surface area contributed by atoms with Crippen LogP contribution < -0.4 is 16.4 Å². The number of hydrogen-bond acceptors (Lipinski definition) is 0. The summed E-state index contributed by atoms with van der Waals surface area (Å²) in [4.78, 5) is 0. The predicted octanol–water partition coefficient (Wildman–Crippen LogP) is 4.39. The number of rotatable bonds is 2. The van der Waals surface area contributed by atoms with E-state index in [1.165, 1.54) is 38.6 Å². The SMILES string of the molecule is Cc1cc2c(cc1Cl)-c1cc(CI)c(C)cc1B2c1ccccc1. The largest absolute Gasteiger partial charge is 0.242 e. The maximum atomic E-state index is 6.46. The Labute approximate surface area is 162 Å². The lowest BCUT2D eigenvalue weighted by molar-refractivity contribution is 1.34. The number of aryl methyl sites for hydroxylation is 2. The minimum Gasteiger partial charge on any atom is -0.0840 e. The lowest BCUT2D eigenvalue weighted by atomic mass is 9.39. The van der Waals surface area contributed by atoms with E-state index >= 15 is 0 Å². The molecule has 0 N–H and O–H groups in total. The molecule has 4 rings (SSSR count). The molecule has 1 heterocycles. The van der Waals surface area contributed by atoms with Crippen molar-refractivity contribution < 1.29 is 0 Å². The first-order valence-corrected chi connectivity index (χ1v) is 10.0. The lowest BCUT2D eigenvalue weighted by Crippen LogP contribution is -2.49. The van der Waals surface area contributed by atoms with Gasteiger partial charge in [-0.2, -0.15) is 0 Å². The zero-order valence-corrected chi connectivity index (χ0v) is 16.6. The molecule has 0 fully saturated rings. The second-order valence-electron chi connectivity index (χ2n) is 6.53. The van der Waals surface area contributed by atoms with Crippen LogP contribution >= 0.6 is 34.2 Å². The van der Waals surface area contributed by atoms with Crippen molar-refractivity contribution in [3.63, 3.8) is 0 Å². The van der Waals surface area contributed by atoms with Crippen molar-refractivity contribution >= 4 is 57.3 Å². The molecule has 0 spiro atoms. The van der Waals surface area contributed by atoms with Gasteiger partial charge in [0.15, 0.2) is 0 Å². The number of halogens is 2. The molecular weight excluding hydrogens is 425 g/mol. The average Bonchev–Trinajstić information content (AvgIpc) is 2.87. The topological polar surface area (TPSA) is 0 Å². The van der Waals surface area contributed by atoms with Gasteiger partial charge in [0.25, 0.3) is 0 Å². The fourth-order valence-electron chi connectivity index (χ4n) is 3.74. The number of benzene rings is 3. The van der Waals surface area contributed by atoms with E-state index in [2.05, 4.69) is 91.0 Å². The van der Waals surface area contributed by atoms with Gasteiger partial charge in [0, 0.05) is 9.45 Å². The summed E-state index contributed by atoms with van der Waals surface area (Å²) >= 11 is 8.90. The molecule has 0 aromatic heterocycles. The third kappa shape index (κ3) is 2.51. The fraction of sp³-hybridized carbons (Fsp3) is 0.143. The summed E-state index contributed by atoms with van der Waals surface area (Å²) in [6, 6.07) is 20.0. The molecule has 0 bridgehead atoms. The molecule has 0 amide bonds. The molecule has 3 aromatic carbocycles. The third-order valence-electron chi connectivity index (χ3n) is 5.03. The van der Waals surface area contributed by atoms with Crippen molar-refractivity contribution in [1.82, 2.24) is 0 Å². The molecule has 0 atom stereocenters. The van der Waals surface area contributed by atoms with Gasteiger partial charge in [-0.3, -0.25) is 0 Å². The highest BCUT2D eigenvalue weighted by Crippen LogP contribution is 2.30. The van der Waals surface area contributed by atoms with Crippen molar-refractivity contribution in [1.29, 1.82) is 0 Å². The Kier molecular flexibility index (Phi) is 4.21. The van der Waals surface area contributed by atoms with Gasteiger partial charge in [-0.25, -0.2) is 0 Å². The Balaban J connectivity index is 2.04. The van der Waals surface area contributed by atoms with Crippen molar-refractivity contribution in [3.8, 4) is 11.1 Å². The molecule has 0 saturated carbocycles. The van der Waals surface area contributed by atoms with Crippen LogP contribution in [0.3, 0.4) is 0 Å². The molecule has 0 unspecified atom stereocenters. The molecule has 3 aromatic rings. The zero-order chi connectivity index (χ0) is 16.8. The van der Waals surface area contributed by atoms with Crippen LogP contribution in [0.2, 0.25) is 5.02 Å². The Hall–Kier alpha value is -1.26. The van der Waals surface area contributed by atoms with Gasteiger partial charge in [0.1, 0.15) is 0 Å². The highest BCUT2D eigenvalue weighted by Gasteiger charge is 2.34. The van der Waals surface area contributed by atoms with E-state index in [9.17, 15) is 0 Å². The quantitative estimate of drug-likeness (QED) is 0.245. The minimum atomic E-state index is 0.300. The van der Waals surface area contributed by atoms with Gasteiger partial charge in [0.2, 0.25) is 6.71 Å². The fourth-order valence-corrected chi connectivity index (χ4v) is 4.72. The van der Waals surface area contributed by atoms with Crippen LogP contribution in [0.5, 0.6) is 0 Å². The molecule has 24 heavy (non-hydrogen) atoms. The summed E-state index contributed by atoms with van der Waals surface area (Å²) in [5, 5.41) is 0.852. The lowest BCUT2D eigenvalue weighted by Gasteiger charge is -2.13. The summed E-state index contributed by atoms with van der Waals surface area (Å²) < 4.78 is 1.03. The van der Waals surface area contributed by atoms with E-state index in [-0.39, 0.29) is 0 Å². The van der Waals surface area contributed by atoms with E-state index in [1.54, 1.807) is 0 Å². The third-order valence-corrected chi connectivity index (χ3v) is 6.26. The van der Waals surface area contributed by atoms with E-state index in [0.717, 1.165) is 15.0 Å². The summed E-state index contributed by atoms with van der Waals surface area (Å²) in [6.45, 7) is 4.61. The first-order valence-electron chi connectivity index (χ1n) is 8.15. The van der Waals surface area contributed by atoms with Crippen LogP contribution in [0.15, 0.2) is 54.6 Å². The van der Waals surface area contributed by atoms with E-state index in [4.69, 9.17) is 11.6 Å². The van der Waals surface area contributed by atoms with Crippen LogP contribution in [0.1, 0.15) is 16.7 Å². The number of alkyl halides is 1. The highest BCUT2D eigenvalue weighted by molar-refractivity contribution is 14.1. The molecule has 118 valence electrons. The molecule has 0 radical (unpaired) electrons. The van der Waals surface area contributed by atoms with Crippen molar-refractivity contribution in [2.45, 2.75) is 18.3 Å². The van der Waals surface area contributed by atoms with Gasteiger partial charge in [0.05, 0.1) is 0 Å². The zero-order valence-electron chi connectivity index (χ0n) is 13.7. The van der Waals surface area contributed by atoms with Gasteiger partial charge >= 0.3 is 0 Å². The van der Waals surface area contributed by atoms with E-state index in [1.807, 2.05) is 0 Å². The van der Waals surface area contributed by atoms with E-state index in [0.29, 0.717) is 6.71 Å². The molecule has 0 nitrogen and oxygen atoms in total. The molecule has 1 aliphatic heterocycles. The maximum absolute atomic E-state index is 6.46. The second kappa shape index (κ2) is 6.23. The number of hydrogen-bond donors (Lipinski definition) is 0. The summed E-state index contributed by atoms with van der Waals surface area (Å²) in [6.07, 6.45) is 0. The van der Waals surface area contributed by atoms with Crippen LogP contribution in [0.4, 0.5) is 0 Å². The van der Waals surface area contributed by atoms with Gasteiger partial charge in [-0.1, -0.05) is 99.1 Å². The Morgan fingerprint density at radius 3 is 2.17 bits per heavy atom. The van der Waals surface area contributed by atoms with Crippen LogP contribution in [-0.2, 0) is 4.43 Å². The minimum absolute atomic E-state index is 0.300. The van der Waals surface area contributed by atoms with Gasteiger partial charge in [-0.15, -0.1) is 0 Å². The molecule has 3 heteroatoms. The van der Waals surface area contributed by atoms with Gasteiger partial charge < -0.3 is 0 Å². The van der Waals surface area contributed by atoms with Crippen LogP contribution in [-0.4, -0.2) is 6.71 Å². The Bertz CT molecular complexity index is 934. The molecule has 0 aliphatic carbocycles. The van der Waals surface area contributed by atoms with Crippen molar-refractivity contribution in [3.05, 3.63) is 76.3 Å². The van der Waals surface area contributed by atoms with Crippen molar-refractivity contribution in [2.75, 3.05) is 0 Å². The van der Waals surface area contributed by atoms with E-state index < -0.39 is 0 Å².